The fraction of sp³-hybridized carbons (Fsp3) is 0.357. The van der Waals surface area contributed by atoms with Gasteiger partial charge >= 0.3 is 0 Å². The van der Waals surface area contributed by atoms with Crippen molar-refractivity contribution in [3.8, 4) is 0 Å². The molecule has 5 aromatic carbocycles. The Bertz CT molecular complexity index is 3400. The number of anilines is 1. The molecule has 0 saturated carbocycles. The molecule has 0 unspecified atom stereocenters. The third kappa shape index (κ3) is 11.6. The molecule has 3 N–H and O–H groups in total. The first-order valence-electron chi connectivity index (χ1n) is 24.2. The molecule has 7 rings (SSSR count). The number of Topliss-reactive ketones (excluding diaryl/α,β-unsaturated/α-hetero) is 1. The molecule has 2 aliphatic rings. The number of aryl methyl sites for hydroxylation is 1. The Morgan fingerprint density at radius 1 is 0.746 bits per heavy atom. The lowest BCUT2D eigenvalue weighted by Gasteiger charge is -2.27. The summed E-state index contributed by atoms with van der Waals surface area (Å²) in [7, 11) is -14.3. The monoisotopic (exact) mass is 1020 g/mol. The molecule has 0 aromatic heterocycles. The number of nitrogens with zero attached hydrogens (tertiary/aromatic N) is 2. The van der Waals surface area contributed by atoms with Crippen molar-refractivity contribution in [1.29, 1.82) is 0 Å². The predicted molar refractivity (Wildman–Crippen MR) is 285 cm³/mol. The standard InChI is InChI=1S/C56H64N2O10S3/c1-8-9-33-57-47-29-25-42-18-14-15-19-44(42)53(47)55(4,5)51(57)31-26-41(40-23-21-39(22-24-40)17-12-10-11-13-20-49(59)38(2)3)27-32-52-56(6,7)54-46-36-43(70(63,64)65)37-50(71(66,67)68)45(46)28-30-48(54)58(52)34-16-35-69(60,61)62/h14-15,18-19,21-32,36-37H,2,8-13,16-17,20,33-35H2,1,3-7H3,(H2-,60,61,62,63,64,65,66,67,68)/p+1. The molecule has 0 bridgehead atoms. The molecular weight excluding hydrogens is 957 g/mol. The van der Waals surface area contributed by atoms with E-state index in [1.54, 1.807) is 13.0 Å². The SMILES string of the molecule is C=C(C)C(=O)CCCCCCc1ccc(C(C=CC2=[N+](CCCS(=O)(=O)O)c3ccc4c(S(=O)(=O)O)cc(S(=O)(=O)O)cc4c3C2(C)C)=CC=C2N(CCCC)c3ccc4ccccc4c3C2(C)C)cc1. The van der Waals surface area contributed by atoms with Crippen molar-refractivity contribution in [2.45, 2.75) is 120 Å². The smallest absolute Gasteiger partial charge is 0.295 e. The summed E-state index contributed by atoms with van der Waals surface area (Å²) in [6.45, 7) is 16.9. The van der Waals surface area contributed by atoms with E-state index in [-0.39, 0.29) is 34.9 Å². The first-order valence-corrected chi connectivity index (χ1v) is 28.7. The third-order valence-corrected chi connectivity index (χ3v) is 16.5. The molecular formula is C56H65N2O10S3+. The van der Waals surface area contributed by atoms with Crippen LogP contribution < -0.4 is 4.90 Å². The third-order valence-electron chi connectivity index (χ3n) is 14.0. The van der Waals surface area contributed by atoms with Crippen LogP contribution in [0.4, 0.5) is 11.4 Å². The highest BCUT2D eigenvalue weighted by Crippen LogP contribution is 2.51. The van der Waals surface area contributed by atoms with Gasteiger partial charge in [0.1, 0.15) is 11.4 Å². The van der Waals surface area contributed by atoms with E-state index < -0.39 is 51.3 Å². The quantitative estimate of drug-likeness (QED) is 0.0209. The minimum atomic E-state index is -4.99. The van der Waals surface area contributed by atoms with Gasteiger partial charge in [-0.15, -0.1) is 0 Å². The minimum absolute atomic E-state index is 0.00581. The van der Waals surface area contributed by atoms with Gasteiger partial charge in [0.15, 0.2) is 11.5 Å². The van der Waals surface area contributed by atoms with Crippen molar-refractivity contribution in [3.05, 3.63) is 149 Å². The summed E-state index contributed by atoms with van der Waals surface area (Å²) >= 11 is 0. The van der Waals surface area contributed by atoms with E-state index in [1.165, 1.54) is 39.7 Å². The zero-order valence-electron chi connectivity index (χ0n) is 41.4. The molecule has 0 aliphatic carbocycles. The zero-order valence-corrected chi connectivity index (χ0v) is 43.9. The maximum Gasteiger partial charge on any atom is 0.295 e. The molecule has 15 heteroatoms. The number of rotatable bonds is 21. The van der Waals surface area contributed by atoms with Gasteiger partial charge in [-0.25, -0.2) is 0 Å². The molecule has 0 radical (unpaired) electrons. The first kappa shape index (κ1) is 53.3. The van der Waals surface area contributed by atoms with E-state index in [0.717, 1.165) is 74.4 Å². The molecule has 5 aromatic rings. The second-order valence-electron chi connectivity index (χ2n) is 19.9. The van der Waals surface area contributed by atoms with Crippen LogP contribution in [-0.4, -0.2) is 73.8 Å². The van der Waals surface area contributed by atoms with Crippen LogP contribution in [0.2, 0.25) is 0 Å². The lowest BCUT2D eigenvalue weighted by atomic mass is 9.78. The summed E-state index contributed by atoms with van der Waals surface area (Å²) in [6.07, 6.45) is 15.4. The van der Waals surface area contributed by atoms with Crippen LogP contribution in [0.15, 0.2) is 137 Å². The Kier molecular flexibility index (Phi) is 15.7. The molecule has 0 atom stereocenters. The molecule has 0 spiro atoms. The number of hydrogen-bond acceptors (Lipinski definition) is 8. The molecule has 0 amide bonds. The maximum atomic E-state index is 12.7. The average Bonchev–Trinajstić information content (AvgIpc) is 3.66. The summed E-state index contributed by atoms with van der Waals surface area (Å²) in [6, 6.07) is 26.3. The van der Waals surface area contributed by atoms with Crippen molar-refractivity contribution < 1.29 is 48.3 Å². The zero-order chi connectivity index (χ0) is 51.7. The summed E-state index contributed by atoms with van der Waals surface area (Å²) in [5, 5.41) is 2.55. The summed E-state index contributed by atoms with van der Waals surface area (Å²) in [5.41, 5.74) is 7.38. The molecule has 376 valence electrons. The number of allylic oxidation sites excluding steroid dienone is 7. The summed E-state index contributed by atoms with van der Waals surface area (Å²) < 4.78 is 107. The molecule has 12 nitrogen and oxygen atoms in total. The molecule has 2 heterocycles. The topological polar surface area (TPSA) is 186 Å². The Morgan fingerprint density at radius 3 is 2.11 bits per heavy atom. The van der Waals surface area contributed by atoms with Crippen LogP contribution in [0.25, 0.3) is 27.1 Å². The highest BCUT2D eigenvalue weighted by Gasteiger charge is 2.46. The summed E-state index contributed by atoms with van der Waals surface area (Å²) in [4.78, 5) is 13.0. The molecule has 71 heavy (non-hydrogen) atoms. The van der Waals surface area contributed by atoms with Crippen molar-refractivity contribution >= 4 is 80.3 Å². The largest absolute Gasteiger partial charge is 0.344 e. The van der Waals surface area contributed by atoms with Crippen molar-refractivity contribution in [3.63, 3.8) is 0 Å². The fourth-order valence-corrected chi connectivity index (χ4v) is 12.2. The van der Waals surface area contributed by atoms with Gasteiger partial charge < -0.3 is 4.90 Å². The number of unbranched alkanes of at least 4 members (excludes halogenated alkanes) is 4. The number of hydrogen-bond donors (Lipinski definition) is 3. The van der Waals surface area contributed by atoms with Crippen molar-refractivity contribution in [1.82, 2.24) is 0 Å². The van der Waals surface area contributed by atoms with Gasteiger partial charge in [-0.3, -0.25) is 18.5 Å². The first-order chi connectivity index (χ1) is 33.3. The maximum absolute atomic E-state index is 12.7. The van der Waals surface area contributed by atoms with E-state index in [1.807, 2.05) is 30.6 Å². The van der Waals surface area contributed by atoms with Crippen LogP contribution in [0, 0.1) is 0 Å². The number of ketones is 1. The van der Waals surface area contributed by atoms with Crippen molar-refractivity contribution in [2.75, 3.05) is 23.7 Å². The van der Waals surface area contributed by atoms with Crippen LogP contribution in [0.1, 0.15) is 115 Å². The average molecular weight is 1020 g/mol. The van der Waals surface area contributed by atoms with Crippen molar-refractivity contribution in [2.24, 2.45) is 0 Å². The van der Waals surface area contributed by atoms with Gasteiger partial charge in [-0.1, -0.05) is 107 Å². The lowest BCUT2D eigenvalue weighted by molar-refractivity contribution is -0.437. The van der Waals surface area contributed by atoms with E-state index in [4.69, 9.17) is 0 Å². The number of carbonyl (C=O) groups excluding carboxylic acids is 1. The van der Waals surface area contributed by atoms with E-state index in [2.05, 4.69) is 105 Å². The van der Waals surface area contributed by atoms with Gasteiger partial charge in [-0.05, 0) is 127 Å². The van der Waals surface area contributed by atoms with E-state index in [0.29, 0.717) is 29.0 Å². The van der Waals surface area contributed by atoms with E-state index in [9.17, 15) is 43.7 Å². The fourth-order valence-electron chi connectivity index (χ4n) is 10.4. The van der Waals surface area contributed by atoms with Crippen LogP contribution in [0.5, 0.6) is 0 Å². The second-order valence-corrected chi connectivity index (χ2v) is 24.2. The van der Waals surface area contributed by atoms with Gasteiger partial charge in [-0.2, -0.15) is 29.8 Å². The minimum Gasteiger partial charge on any atom is -0.344 e. The predicted octanol–water partition coefficient (Wildman–Crippen LogP) is 11.9. The number of carbonyl (C=O) groups is 1. The summed E-state index contributed by atoms with van der Waals surface area (Å²) in [5.74, 6) is -0.426. The molecule has 0 fully saturated rings. The number of fused-ring (bicyclic) bond motifs is 6. The van der Waals surface area contributed by atoms with Crippen LogP contribution in [-0.2, 0) is 52.4 Å². The van der Waals surface area contributed by atoms with Gasteiger partial charge in [0.05, 0.1) is 16.1 Å². The van der Waals surface area contributed by atoms with Gasteiger partial charge in [0.2, 0.25) is 5.69 Å². The Balaban J connectivity index is 1.36. The highest BCUT2D eigenvalue weighted by atomic mass is 32.2. The molecule has 2 aliphatic heterocycles. The van der Waals surface area contributed by atoms with E-state index >= 15 is 0 Å². The van der Waals surface area contributed by atoms with Gasteiger partial charge in [0.25, 0.3) is 30.4 Å². The van der Waals surface area contributed by atoms with Crippen LogP contribution in [0.3, 0.4) is 0 Å². The Morgan fingerprint density at radius 2 is 1.45 bits per heavy atom. The number of benzene rings is 5. The van der Waals surface area contributed by atoms with Crippen LogP contribution >= 0.6 is 0 Å². The Hall–Kier alpha value is -5.55. The van der Waals surface area contributed by atoms with Gasteiger partial charge in [0, 0.05) is 59.3 Å². The molecule has 0 saturated heterocycles. The highest BCUT2D eigenvalue weighted by molar-refractivity contribution is 7.87. The lowest BCUT2D eigenvalue weighted by Crippen LogP contribution is -2.28. The normalized spacial score (nSPS) is 16.4. The second kappa shape index (κ2) is 20.9. The Labute approximate surface area is 419 Å².